The van der Waals surface area contributed by atoms with Crippen molar-refractivity contribution in [3.05, 3.63) is 51.9 Å². The minimum Gasteiger partial charge on any atom is -0.389 e. The molecule has 0 spiro atoms. The summed E-state index contributed by atoms with van der Waals surface area (Å²) in [6.45, 7) is 4.80. The van der Waals surface area contributed by atoms with Gasteiger partial charge in [-0.15, -0.1) is 0 Å². The van der Waals surface area contributed by atoms with Gasteiger partial charge in [-0.3, -0.25) is 14.4 Å². The van der Waals surface area contributed by atoms with Gasteiger partial charge in [-0.25, -0.2) is 4.98 Å². The van der Waals surface area contributed by atoms with Crippen LogP contribution in [0.15, 0.2) is 30.6 Å². The Morgan fingerprint density at radius 1 is 1.26 bits per heavy atom. The molecule has 4 heterocycles. The summed E-state index contributed by atoms with van der Waals surface area (Å²) in [6.07, 6.45) is 5.02. The molecule has 0 aliphatic carbocycles. The van der Waals surface area contributed by atoms with Gasteiger partial charge in [0, 0.05) is 35.4 Å². The van der Waals surface area contributed by atoms with Gasteiger partial charge in [0.2, 0.25) is 5.91 Å². The molecule has 186 valence electrons. The zero-order valence-corrected chi connectivity index (χ0v) is 21.3. The number of hydrogen-bond donors (Lipinski definition) is 2. The van der Waals surface area contributed by atoms with Crippen molar-refractivity contribution in [2.45, 2.75) is 43.7 Å². The zero-order valence-electron chi connectivity index (χ0n) is 19.8. The van der Waals surface area contributed by atoms with Gasteiger partial charge in [-0.05, 0) is 67.9 Å². The van der Waals surface area contributed by atoms with Gasteiger partial charge in [0.1, 0.15) is 5.82 Å². The minimum atomic E-state index is -0.460. The highest BCUT2D eigenvalue weighted by molar-refractivity contribution is 6.32. The first-order chi connectivity index (χ1) is 16.7. The first-order valence-corrected chi connectivity index (χ1v) is 12.6. The quantitative estimate of drug-likeness (QED) is 0.534. The van der Waals surface area contributed by atoms with Crippen LogP contribution in [0, 0.1) is 0 Å². The summed E-state index contributed by atoms with van der Waals surface area (Å²) in [5, 5.41) is 20.3. The maximum atomic E-state index is 12.5. The summed E-state index contributed by atoms with van der Waals surface area (Å²) in [4.78, 5) is 19.3. The fourth-order valence-electron chi connectivity index (χ4n) is 5.21. The number of carbonyl (C=O) groups is 1. The molecule has 2 atom stereocenters. The minimum absolute atomic E-state index is 0.121. The third-order valence-corrected chi connectivity index (χ3v) is 8.00. The molecule has 35 heavy (non-hydrogen) atoms. The number of benzene rings is 1. The Bertz CT molecular complexity index is 1260. The van der Waals surface area contributed by atoms with Gasteiger partial charge >= 0.3 is 0 Å². The number of aromatic nitrogens is 3. The first-order valence-electron chi connectivity index (χ1n) is 11.8. The highest BCUT2D eigenvalue weighted by Crippen LogP contribution is 2.38. The number of carbonyl (C=O) groups excluding carboxylic acids is 1. The lowest BCUT2D eigenvalue weighted by Crippen LogP contribution is -2.56. The van der Waals surface area contributed by atoms with E-state index in [2.05, 4.69) is 33.3 Å². The number of hydrogen-bond acceptors (Lipinski definition) is 6. The molecule has 2 aromatic heterocycles. The van der Waals surface area contributed by atoms with E-state index >= 15 is 0 Å². The van der Waals surface area contributed by atoms with Crippen LogP contribution in [0.25, 0.3) is 10.8 Å². The largest absolute Gasteiger partial charge is 0.389 e. The molecule has 1 amide bonds. The molecule has 0 bridgehead atoms. The predicted molar refractivity (Wildman–Crippen MR) is 136 cm³/mol. The molecule has 8 nitrogen and oxygen atoms in total. The van der Waals surface area contributed by atoms with E-state index in [-0.39, 0.29) is 17.9 Å². The van der Waals surface area contributed by atoms with Gasteiger partial charge in [0.05, 0.1) is 31.3 Å². The number of aliphatic hydroxyl groups excluding tert-OH is 1. The van der Waals surface area contributed by atoms with Gasteiger partial charge < -0.3 is 15.2 Å². The Balaban J connectivity index is 1.30. The lowest BCUT2D eigenvalue weighted by molar-refractivity contribution is -0.115. The zero-order chi connectivity index (χ0) is 24.7. The Morgan fingerprint density at radius 2 is 2.03 bits per heavy atom. The Morgan fingerprint density at radius 3 is 2.69 bits per heavy atom. The van der Waals surface area contributed by atoms with E-state index in [9.17, 15) is 9.90 Å². The Kier molecular flexibility index (Phi) is 6.76. The molecule has 2 saturated heterocycles. The average molecular weight is 518 g/mol. The second kappa shape index (κ2) is 9.67. The number of rotatable bonds is 5. The number of likely N-dealkylation sites (tertiary alicyclic amines) is 1. The Labute approximate surface area is 214 Å². The van der Waals surface area contributed by atoms with Gasteiger partial charge in [-0.1, -0.05) is 23.2 Å². The van der Waals surface area contributed by atoms with E-state index in [0.717, 1.165) is 47.3 Å². The molecule has 2 aliphatic heterocycles. The van der Waals surface area contributed by atoms with Crippen molar-refractivity contribution in [2.24, 2.45) is 7.05 Å². The molecule has 0 unspecified atom stereocenters. The van der Waals surface area contributed by atoms with Crippen LogP contribution in [0.5, 0.6) is 0 Å². The SMILES string of the molecule is Cn1cc(CC(=O)Nc2cc3cc(C4CCN([C@@]5(C)COC[C@H]5O)CC4)c(Cl)cc3cn2)c(Cl)n1. The highest BCUT2D eigenvalue weighted by Gasteiger charge is 2.45. The average Bonchev–Trinajstić information content (AvgIpc) is 3.33. The van der Waals surface area contributed by atoms with Crippen molar-refractivity contribution in [3.63, 3.8) is 0 Å². The number of nitrogens with zero attached hydrogens (tertiary/aromatic N) is 4. The van der Waals surface area contributed by atoms with Crippen molar-refractivity contribution in [1.29, 1.82) is 0 Å². The number of pyridine rings is 1. The molecule has 2 aliphatic rings. The number of aryl methyl sites for hydroxylation is 1. The number of fused-ring (bicyclic) bond motifs is 1. The third-order valence-electron chi connectivity index (χ3n) is 7.35. The number of ether oxygens (including phenoxy) is 1. The van der Waals surface area contributed by atoms with E-state index in [0.29, 0.717) is 35.7 Å². The van der Waals surface area contributed by atoms with Crippen molar-refractivity contribution >= 4 is 45.7 Å². The highest BCUT2D eigenvalue weighted by atomic mass is 35.5. The van der Waals surface area contributed by atoms with Crippen LogP contribution in [-0.2, 0) is 23.0 Å². The van der Waals surface area contributed by atoms with Gasteiger partial charge in [-0.2, -0.15) is 5.10 Å². The third kappa shape index (κ3) is 4.90. The van der Waals surface area contributed by atoms with E-state index in [4.69, 9.17) is 27.9 Å². The standard InChI is InChI=1S/C25H29Cl2N5O3/c1-25(14-35-13-21(25)33)32-5-3-15(4-6-32)19-7-16-9-22(28-11-17(16)8-20(19)26)29-23(34)10-18-12-31(2)30-24(18)27/h7-9,11-12,15,21,33H,3-6,10,13-14H2,1-2H3,(H,28,29,34)/t21-,25+/m1/s1. The van der Waals surface area contributed by atoms with Crippen LogP contribution in [0.1, 0.15) is 36.8 Å². The molecule has 0 saturated carbocycles. The summed E-state index contributed by atoms with van der Waals surface area (Å²) in [5.74, 6) is 0.596. The number of anilines is 1. The summed E-state index contributed by atoms with van der Waals surface area (Å²) >= 11 is 12.8. The van der Waals surface area contributed by atoms with Crippen molar-refractivity contribution in [2.75, 3.05) is 31.6 Å². The van der Waals surface area contributed by atoms with E-state index in [1.165, 1.54) is 0 Å². The molecule has 3 aromatic rings. The molecule has 2 N–H and O–H groups in total. The van der Waals surface area contributed by atoms with Crippen molar-refractivity contribution in [1.82, 2.24) is 19.7 Å². The maximum absolute atomic E-state index is 12.5. The molecule has 5 rings (SSSR count). The summed E-state index contributed by atoms with van der Waals surface area (Å²) in [7, 11) is 1.76. The van der Waals surface area contributed by atoms with Gasteiger partial charge in [0.25, 0.3) is 0 Å². The number of halogens is 2. The molecule has 0 radical (unpaired) electrons. The number of aliphatic hydroxyl groups is 1. The molecule has 1 aromatic carbocycles. The summed E-state index contributed by atoms with van der Waals surface area (Å²) < 4.78 is 7.11. The van der Waals surface area contributed by atoms with Gasteiger partial charge in [0.15, 0.2) is 5.15 Å². The fourth-order valence-corrected chi connectivity index (χ4v) is 5.77. The smallest absolute Gasteiger partial charge is 0.230 e. The maximum Gasteiger partial charge on any atom is 0.230 e. The number of amides is 1. The fraction of sp³-hybridized carbons (Fsp3) is 0.480. The van der Waals surface area contributed by atoms with Crippen molar-refractivity contribution < 1.29 is 14.6 Å². The predicted octanol–water partition coefficient (Wildman–Crippen LogP) is 3.79. The second-order valence-electron chi connectivity index (χ2n) is 9.78. The molecular formula is C25H29Cl2N5O3. The molecule has 2 fully saturated rings. The number of piperidine rings is 1. The van der Waals surface area contributed by atoms with Crippen molar-refractivity contribution in [3.8, 4) is 0 Å². The topological polar surface area (TPSA) is 92.5 Å². The normalized spacial score (nSPS) is 23.7. The van der Waals surface area contributed by atoms with Crippen LogP contribution in [-0.4, -0.2) is 68.6 Å². The van der Waals surface area contributed by atoms with Crippen LogP contribution < -0.4 is 5.32 Å². The lowest BCUT2D eigenvalue weighted by Gasteiger charge is -2.43. The first kappa shape index (κ1) is 24.5. The molecule has 10 heteroatoms. The second-order valence-corrected chi connectivity index (χ2v) is 10.5. The summed E-state index contributed by atoms with van der Waals surface area (Å²) in [6, 6.07) is 5.94. The van der Waals surface area contributed by atoms with Crippen LogP contribution >= 0.6 is 23.2 Å². The number of nitrogens with one attached hydrogen (secondary N) is 1. The summed E-state index contributed by atoms with van der Waals surface area (Å²) in [5.41, 5.74) is 1.45. The van der Waals surface area contributed by atoms with Crippen LogP contribution in [0.2, 0.25) is 10.2 Å². The van der Waals surface area contributed by atoms with Crippen LogP contribution in [0.3, 0.4) is 0 Å². The van der Waals surface area contributed by atoms with Crippen LogP contribution in [0.4, 0.5) is 5.82 Å². The van der Waals surface area contributed by atoms with E-state index < -0.39 is 6.10 Å². The Hall–Kier alpha value is -2.23. The van der Waals surface area contributed by atoms with E-state index in [1.807, 2.05) is 12.1 Å². The van der Waals surface area contributed by atoms with E-state index in [1.54, 1.807) is 24.1 Å². The molecular weight excluding hydrogens is 489 g/mol. The lowest BCUT2D eigenvalue weighted by atomic mass is 9.85. The monoisotopic (exact) mass is 517 g/mol.